The van der Waals surface area contributed by atoms with Crippen LogP contribution in [0.3, 0.4) is 0 Å². The molecule has 3 atom stereocenters. The third-order valence-electron chi connectivity index (χ3n) is 4.70. The summed E-state index contributed by atoms with van der Waals surface area (Å²) in [6.45, 7) is 0.916. The lowest BCUT2D eigenvalue weighted by Gasteiger charge is -2.25. The molecule has 7 nitrogen and oxygen atoms in total. The molecule has 2 rings (SSSR count). The summed E-state index contributed by atoms with van der Waals surface area (Å²) < 4.78 is 13.3. The quantitative estimate of drug-likeness (QED) is 0.470. The van der Waals surface area contributed by atoms with E-state index in [0.29, 0.717) is 17.7 Å². The summed E-state index contributed by atoms with van der Waals surface area (Å²) >= 11 is 0. The number of carbonyl (C=O) groups excluding carboxylic acids is 2. The van der Waals surface area contributed by atoms with Crippen LogP contribution in [0.2, 0.25) is 0 Å². The highest BCUT2D eigenvalue weighted by atomic mass is 19.1. The van der Waals surface area contributed by atoms with Gasteiger partial charge in [-0.05, 0) is 23.3 Å². The first-order valence-electron chi connectivity index (χ1n) is 9.58. The van der Waals surface area contributed by atoms with Crippen molar-refractivity contribution in [3.05, 3.63) is 71.3 Å². The zero-order valence-corrected chi connectivity index (χ0v) is 16.7. The maximum Gasteiger partial charge on any atom is 0.326 e. The van der Waals surface area contributed by atoms with E-state index < -0.39 is 42.5 Å². The number of carboxylic acids is 1. The average Bonchev–Trinajstić information content (AvgIpc) is 2.76. The number of aliphatic carboxylic acids is 1. The van der Waals surface area contributed by atoms with Crippen molar-refractivity contribution in [3.63, 3.8) is 0 Å². The minimum atomic E-state index is -1.24. The molecule has 2 aromatic carbocycles. The highest BCUT2D eigenvalue weighted by Crippen LogP contribution is 2.11. The highest BCUT2D eigenvalue weighted by molar-refractivity contribution is 5.98. The summed E-state index contributed by atoms with van der Waals surface area (Å²) in [7, 11) is 0. The number of amides is 2. The van der Waals surface area contributed by atoms with Crippen molar-refractivity contribution in [2.45, 2.75) is 32.0 Å². The van der Waals surface area contributed by atoms with Crippen LogP contribution in [0, 0.1) is 5.92 Å². The normalized spacial score (nSPS) is 13.7. The number of nitrogens with one attached hydrogen (secondary N) is 2. The summed E-state index contributed by atoms with van der Waals surface area (Å²) in [6, 6.07) is 12.8. The molecule has 0 bridgehead atoms. The van der Waals surface area contributed by atoms with E-state index in [1.54, 1.807) is 48.5 Å². The maximum atomic E-state index is 13.3. The van der Waals surface area contributed by atoms with Crippen LogP contribution >= 0.6 is 0 Å². The second-order valence-electron chi connectivity index (χ2n) is 7.08. The van der Waals surface area contributed by atoms with E-state index in [-0.39, 0.29) is 6.42 Å². The standard InChI is InChI=1S/C22H26FN3O4/c1-14(12-23)19(26-20(27)17-8-3-2-4-9-17)21(28)25-18(22(29)30)11-15-6-5-7-16(10-15)13-24/h2-10,14,18-19H,11-13,24H2,1H3,(H,25,28)(H,26,27)(H,29,30)/t14?,18-,19+/m0/s1. The third-order valence-corrected chi connectivity index (χ3v) is 4.70. The molecule has 0 spiro atoms. The minimum absolute atomic E-state index is 0.0261. The van der Waals surface area contributed by atoms with E-state index in [4.69, 9.17) is 5.73 Å². The number of benzene rings is 2. The van der Waals surface area contributed by atoms with E-state index in [1.165, 1.54) is 6.92 Å². The Hall–Kier alpha value is -3.26. The smallest absolute Gasteiger partial charge is 0.326 e. The Balaban J connectivity index is 2.14. The number of carboxylic acid groups (broad SMARTS) is 1. The van der Waals surface area contributed by atoms with E-state index in [2.05, 4.69) is 10.6 Å². The Kier molecular flexibility index (Phi) is 8.49. The van der Waals surface area contributed by atoms with Crippen LogP contribution in [0.25, 0.3) is 0 Å². The van der Waals surface area contributed by atoms with Gasteiger partial charge in [-0.2, -0.15) is 0 Å². The number of hydrogen-bond acceptors (Lipinski definition) is 4. The first kappa shape index (κ1) is 23.0. The van der Waals surface area contributed by atoms with Crippen molar-refractivity contribution in [2.75, 3.05) is 6.67 Å². The van der Waals surface area contributed by atoms with Gasteiger partial charge in [-0.1, -0.05) is 49.4 Å². The highest BCUT2D eigenvalue weighted by Gasteiger charge is 2.31. The summed E-state index contributed by atoms with van der Waals surface area (Å²) in [6.07, 6.45) is 0.0261. The topological polar surface area (TPSA) is 122 Å². The molecule has 2 amide bonds. The van der Waals surface area contributed by atoms with Gasteiger partial charge in [0, 0.05) is 24.4 Å². The molecule has 0 saturated heterocycles. The van der Waals surface area contributed by atoms with Crippen molar-refractivity contribution in [3.8, 4) is 0 Å². The van der Waals surface area contributed by atoms with Gasteiger partial charge in [0.15, 0.2) is 0 Å². The Morgan fingerprint density at radius 2 is 1.70 bits per heavy atom. The molecule has 0 aliphatic heterocycles. The lowest BCUT2D eigenvalue weighted by Crippen LogP contribution is -2.55. The molecular weight excluding hydrogens is 389 g/mol. The summed E-state index contributed by atoms with van der Waals surface area (Å²) in [5.41, 5.74) is 7.45. The zero-order valence-electron chi connectivity index (χ0n) is 16.7. The van der Waals surface area contributed by atoms with Crippen LogP contribution in [0.1, 0.15) is 28.4 Å². The fourth-order valence-electron chi connectivity index (χ4n) is 2.95. The van der Waals surface area contributed by atoms with Crippen molar-refractivity contribution in [1.29, 1.82) is 0 Å². The SMILES string of the molecule is CC(CF)[C@@H](NC(=O)c1ccccc1)C(=O)N[C@@H](Cc1cccc(CN)c1)C(=O)O. The molecule has 0 aliphatic carbocycles. The van der Waals surface area contributed by atoms with E-state index in [1.807, 2.05) is 6.07 Å². The molecule has 2 aromatic rings. The molecule has 0 saturated carbocycles. The third kappa shape index (κ3) is 6.38. The lowest BCUT2D eigenvalue weighted by molar-refractivity contribution is -0.142. The Morgan fingerprint density at radius 1 is 1.03 bits per heavy atom. The molecule has 0 aliphatic rings. The van der Waals surface area contributed by atoms with Crippen LogP contribution in [0.5, 0.6) is 0 Å². The van der Waals surface area contributed by atoms with Gasteiger partial charge in [0.1, 0.15) is 12.1 Å². The monoisotopic (exact) mass is 415 g/mol. The Morgan fingerprint density at radius 3 is 2.30 bits per heavy atom. The Bertz CT molecular complexity index is 876. The van der Waals surface area contributed by atoms with Crippen LogP contribution < -0.4 is 16.4 Å². The number of halogens is 1. The van der Waals surface area contributed by atoms with Gasteiger partial charge in [-0.25, -0.2) is 4.79 Å². The fraction of sp³-hybridized carbons (Fsp3) is 0.318. The lowest BCUT2D eigenvalue weighted by atomic mass is 9.99. The van der Waals surface area contributed by atoms with Crippen molar-refractivity contribution in [1.82, 2.24) is 10.6 Å². The first-order chi connectivity index (χ1) is 14.3. The second kappa shape index (κ2) is 11.1. The van der Waals surface area contributed by atoms with Crippen LogP contribution in [-0.2, 0) is 22.6 Å². The summed E-state index contributed by atoms with van der Waals surface area (Å²) in [5, 5.41) is 14.5. The van der Waals surface area contributed by atoms with Gasteiger partial charge in [-0.15, -0.1) is 0 Å². The van der Waals surface area contributed by atoms with Gasteiger partial charge in [-0.3, -0.25) is 14.0 Å². The molecule has 0 fully saturated rings. The molecule has 1 unspecified atom stereocenters. The maximum absolute atomic E-state index is 13.3. The number of rotatable bonds is 10. The van der Waals surface area contributed by atoms with Crippen molar-refractivity contribution < 1.29 is 23.9 Å². The first-order valence-corrected chi connectivity index (χ1v) is 9.58. The number of nitrogens with two attached hydrogens (primary N) is 1. The molecule has 8 heteroatoms. The molecule has 0 aromatic heterocycles. The van der Waals surface area contributed by atoms with Gasteiger partial charge < -0.3 is 21.5 Å². The van der Waals surface area contributed by atoms with Gasteiger partial charge in [0.25, 0.3) is 5.91 Å². The summed E-state index contributed by atoms with van der Waals surface area (Å²) in [5.74, 6) is -3.37. The molecular formula is C22H26FN3O4. The van der Waals surface area contributed by atoms with Crippen LogP contribution in [-0.4, -0.2) is 41.6 Å². The number of hydrogen-bond donors (Lipinski definition) is 4. The number of alkyl halides is 1. The molecule has 0 heterocycles. The molecule has 160 valence electrons. The fourth-order valence-corrected chi connectivity index (χ4v) is 2.95. The number of carbonyl (C=O) groups is 3. The van der Waals surface area contributed by atoms with E-state index in [9.17, 15) is 23.9 Å². The largest absolute Gasteiger partial charge is 0.480 e. The predicted octanol–water partition coefficient (Wildman–Crippen LogP) is 1.66. The van der Waals surface area contributed by atoms with Crippen molar-refractivity contribution in [2.24, 2.45) is 11.7 Å². The van der Waals surface area contributed by atoms with E-state index >= 15 is 0 Å². The molecule has 0 radical (unpaired) electrons. The minimum Gasteiger partial charge on any atom is -0.480 e. The average molecular weight is 415 g/mol. The Labute approximate surface area is 174 Å². The van der Waals surface area contributed by atoms with Crippen LogP contribution in [0.15, 0.2) is 54.6 Å². The van der Waals surface area contributed by atoms with E-state index in [0.717, 1.165) is 5.56 Å². The molecule has 5 N–H and O–H groups in total. The molecule has 30 heavy (non-hydrogen) atoms. The summed E-state index contributed by atoms with van der Waals surface area (Å²) in [4.78, 5) is 36.9. The van der Waals surface area contributed by atoms with Gasteiger partial charge in [0.2, 0.25) is 5.91 Å². The second-order valence-corrected chi connectivity index (χ2v) is 7.08. The predicted molar refractivity (Wildman–Crippen MR) is 110 cm³/mol. The van der Waals surface area contributed by atoms with Gasteiger partial charge >= 0.3 is 5.97 Å². The van der Waals surface area contributed by atoms with Crippen molar-refractivity contribution >= 4 is 17.8 Å². The van der Waals surface area contributed by atoms with Gasteiger partial charge in [0.05, 0.1) is 6.67 Å². The van der Waals surface area contributed by atoms with Crippen LogP contribution in [0.4, 0.5) is 4.39 Å². The zero-order chi connectivity index (χ0) is 22.1.